The van der Waals surface area contributed by atoms with E-state index in [1.807, 2.05) is 6.92 Å². The summed E-state index contributed by atoms with van der Waals surface area (Å²) in [6.45, 7) is 4.97. The van der Waals surface area contributed by atoms with Crippen LogP contribution in [-0.4, -0.2) is 20.4 Å². The van der Waals surface area contributed by atoms with Crippen molar-refractivity contribution in [1.29, 1.82) is 0 Å². The second-order valence-electron chi connectivity index (χ2n) is 4.30. The van der Waals surface area contributed by atoms with Gasteiger partial charge in [-0.1, -0.05) is 6.92 Å². The predicted octanol–water partition coefficient (Wildman–Crippen LogP) is 2.59. The van der Waals surface area contributed by atoms with Crippen molar-refractivity contribution in [3.8, 4) is 0 Å². The van der Waals surface area contributed by atoms with Crippen LogP contribution in [0.2, 0.25) is 0 Å². The lowest BCUT2D eigenvalue weighted by molar-refractivity contribution is 0.0938. The van der Waals surface area contributed by atoms with E-state index in [0.29, 0.717) is 6.42 Å². The molecule has 1 unspecified atom stereocenters. The fourth-order valence-corrected chi connectivity index (χ4v) is 2.66. The largest absolute Gasteiger partial charge is 0.350 e. The molecule has 0 heterocycles. The summed E-state index contributed by atoms with van der Waals surface area (Å²) in [5.74, 6) is -1.31. The Balaban J connectivity index is 3.25. The first-order valence-electron chi connectivity index (χ1n) is 5.72. The molecule has 0 saturated heterocycles. The van der Waals surface area contributed by atoms with Gasteiger partial charge in [0, 0.05) is 27.9 Å². The van der Waals surface area contributed by atoms with E-state index in [1.165, 1.54) is 6.92 Å². The normalized spacial score (nSPS) is 13.1. The quantitative estimate of drug-likeness (QED) is 0.870. The summed E-state index contributed by atoms with van der Waals surface area (Å²) < 4.78 is 36.3. The summed E-state index contributed by atoms with van der Waals surface area (Å²) in [5.41, 5.74) is -0.169. The molecule has 106 valence electrons. The zero-order chi connectivity index (χ0) is 14.8. The van der Waals surface area contributed by atoms with Crippen LogP contribution in [-0.2, 0) is 9.05 Å². The highest BCUT2D eigenvalue weighted by Gasteiger charge is 2.20. The van der Waals surface area contributed by atoms with Crippen molar-refractivity contribution in [3.05, 3.63) is 29.1 Å². The van der Waals surface area contributed by atoms with E-state index in [4.69, 9.17) is 10.7 Å². The van der Waals surface area contributed by atoms with Crippen molar-refractivity contribution >= 4 is 25.6 Å². The van der Waals surface area contributed by atoms with Crippen molar-refractivity contribution in [3.63, 3.8) is 0 Å². The van der Waals surface area contributed by atoms with E-state index in [-0.39, 0.29) is 22.1 Å². The number of benzene rings is 1. The molecule has 0 spiro atoms. The zero-order valence-electron chi connectivity index (χ0n) is 10.8. The topological polar surface area (TPSA) is 63.2 Å². The minimum Gasteiger partial charge on any atom is -0.350 e. The fraction of sp³-hybridized carbons (Fsp3) is 0.417. The molecule has 1 rings (SSSR count). The van der Waals surface area contributed by atoms with Gasteiger partial charge in [-0.05, 0) is 32.4 Å². The number of carbonyl (C=O) groups excluding carboxylic acids is 1. The average molecular weight is 308 g/mol. The zero-order valence-corrected chi connectivity index (χ0v) is 12.4. The van der Waals surface area contributed by atoms with Crippen LogP contribution >= 0.6 is 10.7 Å². The van der Waals surface area contributed by atoms with Gasteiger partial charge in [0.2, 0.25) is 0 Å². The van der Waals surface area contributed by atoms with Crippen molar-refractivity contribution in [2.24, 2.45) is 0 Å². The van der Waals surface area contributed by atoms with Crippen LogP contribution in [0.5, 0.6) is 0 Å². The Morgan fingerprint density at radius 1 is 1.47 bits per heavy atom. The lowest BCUT2D eigenvalue weighted by atomic mass is 10.1. The molecule has 0 radical (unpaired) electrons. The monoisotopic (exact) mass is 307 g/mol. The van der Waals surface area contributed by atoms with E-state index < -0.39 is 20.8 Å². The van der Waals surface area contributed by atoms with Crippen LogP contribution in [0.4, 0.5) is 4.39 Å². The number of halogens is 2. The Morgan fingerprint density at radius 2 is 2.05 bits per heavy atom. The smallest absolute Gasteiger partial charge is 0.261 e. The molecule has 1 amide bonds. The van der Waals surface area contributed by atoms with Crippen LogP contribution in [0.25, 0.3) is 0 Å². The first-order chi connectivity index (χ1) is 8.66. The van der Waals surface area contributed by atoms with Gasteiger partial charge in [0.1, 0.15) is 5.82 Å². The van der Waals surface area contributed by atoms with Gasteiger partial charge in [0.25, 0.3) is 15.0 Å². The number of amides is 1. The van der Waals surface area contributed by atoms with Gasteiger partial charge < -0.3 is 5.32 Å². The fourth-order valence-electron chi connectivity index (χ4n) is 1.45. The highest BCUT2D eigenvalue weighted by Crippen LogP contribution is 2.23. The van der Waals surface area contributed by atoms with E-state index >= 15 is 0 Å². The lowest BCUT2D eigenvalue weighted by Crippen LogP contribution is -2.32. The molecule has 0 aromatic heterocycles. The maximum Gasteiger partial charge on any atom is 0.261 e. The molecule has 1 aromatic rings. The highest BCUT2D eigenvalue weighted by atomic mass is 35.7. The van der Waals surface area contributed by atoms with Crippen LogP contribution < -0.4 is 5.32 Å². The van der Waals surface area contributed by atoms with Crippen LogP contribution in [0.15, 0.2) is 17.0 Å². The summed E-state index contributed by atoms with van der Waals surface area (Å²) in [6, 6.07) is 1.99. The predicted molar refractivity (Wildman–Crippen MR) is 71.4 cm³/mol. The van der Waals surface area contributed by atoms with Crippen molar-refractivity contribution in [2.45, 2.75) is 38.1 Å². The number of nitrogens with one attached hydrogen (secondary N) is 1. The molecule has 0 aliphatic carbocycles. The summed E-state index contributed by atoms with van der Waals surface area (Å²) in [5, 5.41) is 2.63. The number of carbonyl (C=O) groups is 1. The average Bonchev–Trinajstić information content (AvgIpc) is 2.30. The van der Waals surface area contributed by atoms with Gasteiger partial charge in [-0.3, -0.25) is 4.79 Å². The maximum absolute atomic E-state index is 13.6. The van der Waals surface area contributed by atoms with Gasteiger partial charge in [-0.2, -0.15) is 0 Å². The Morgan fingerprint density at radius 3 is 2.53 bits per heavy atom. The van der Waals surface area contributed by atoms with Gasteiger partial charge >= 0.3 is 0 Å². The van der Waals surface area contributed by atoms with E-state index in [1.54, 1.807) is 6.92 Å². The third kappa shape index (κ3) is 3.91. The Labute approximate surface area is 116 Å². The molecule has 1 aromatic carbocycles. The first-order valence-corrected chi connectivity index (χ1v) is 8.03. The van der Waals surface area contributed by atoms with E-state index in [2.05, 4.69) is 5.32 Å². The summed E-state index contributed by atoms with van der Waals surface area (Å²) >= 11 is 0. The summed E-state index contributed by atoms with van der Waals surface area (Å²) in [4.78, 5) is 11.5. The number of hydrogen-bond acceptors (Lipinski definition) is 3. The molecule has 4 nitrogen and oxygen atoms in total. The molecule has 0 aliphatic heterocycles. The Bertz CT molecular complexity index is 601. The van der Waals surface area contributed by atoms with Gasteiger partial charge in [0.15, 0.2) is 0 Å². The molecule has 0 saturated carbocycles. The standard InChI is InChI=1S/C12H15ClFNO3S/c1-4-7(2)15-12(16)9-5-10(14)8(3)11(6-9)19(13,17)18/h5-7H,4H2,1-3H3,(H,15,16). The third-order valence-corrected chi connectivity index (χ3v) is 4.26. The highest BCUT2D eigenvalue weighted by molar-refractivity contribution is 8.13. The second kappa shape index (κ2) is 5.88. The summed E-state index contributed by atoms with van der Waals surface area (Å²) in [6.07, 6.45) is 0.709. The first kappa shape index (κ1) is 15.9. The van der Waals surface area contributed by atoms with E-state index in [9.17, 15) is 17.6 Å². The number of rotatable bonds is 4. The molecule has 7 heteroatoms. The maximum atomic E-state index is 13.6. The molecule has 0 aliphatic rings. The molecule has 0 fully saturated rings. The lowest BCUT2D eigenvalue weighted by Gasteiger charge is -2.12. The minimum atomic E-state index is -4.09. The van der Waals surface area contributed by atoms with E-state index in [0.717, 1.165) is 12.1 Å². The van der Waals surface area contributed by atoms with Crippen LogP contribution in [0.3, 0.4) is 0 Å². The molecule has 0 bridgehead atoms. The van der Waals surface area contributed by atoms with Gasteiger partial charge in [0.05, 0.1) is 4.90 Å². The van der Waals surface area contributed by atoms with Crippen molar-refractivity contribution < 1.29 is 17.6 Å². The molecule has 19 heavy (non-hydrogen) atoms. The molecule has 1 atom stereocenters. The Hall–Kier alpha value is -1.14. The molecular formula is C12H15ClFNO3S. The minimum absolute atomic E-state index is 0.0670. The SMILES string of the molecule is CCC(C)NC(=O)c1cc(F)c(C)c(S(=O)(=O)Cl)c1. The third-order valence-electron chi connectivity index (χ3n) is 2.81. The van der Waals surface area contributed by atoms with Crippen LogP contribution in [0.1, 0.15) is 36.2 Å². The number of hydrogen-bond donors (Lipinski definition) is 1. The van der Waals surface area contributed by atoms with Crippen LogP contribution in [0, 0.1) is 12.7 Å². The van der Waals surface area contributed by atoms with Crippen molar-refractivity contribution in [1.82, 2.24) is 5.32 Å². The van der Waals surface area contributed by atoms with Gasteiger partial charge in [-0.25, -0.2) is 12.8 Å². The molecular weight excluding hydrogens is 293 g/mol. The second-order valence-corrected chi connectivity index (χ2v) is 6.84. The van der Waals surface area contributed by atoms with Crippen molar-refractivity contribution in [2.75, 3.05) is 0 Å². The molecule has 1 N–H and O–H groups in total. The summed E-state index contributed by atoms with van der Waals surface area (Å²) in [7, 11) is 1.13. The Kier molecular flexibility index (Phi) is 4.92. The van der Waals surface area contributed by atoms with Gasteiger partial charge in [-0.15, -0.1) is 0 Å².